The van der Waals surface area contributed by atoms with Crippen LogP contribution in [0.1, 0.15) is 181 Å². The Kier molecular flexibility index (Phi) is 26.6. The van der Waals surface area contributed by atoms with Crippen molar-refractivity contribution >= 4 is 5.97 Å². The van der Waals surface area contributed by atoms with Crippen molar-refractivity contribution in [3.05, 3.63) is 0 Å². The second kappa shape index (κ2) is 27.0. The van der Waals surface area contributed by atoms with Gasteiger partial charge in [0.25, 0.3) is 0 Å². The normalized spacial score (nSPS) is 13.2. The van der Waals surface area contributed by atoms with Crippen LogP contribution in [0, 0.1) is 0 Å². The van der Waals surface area contributed by atoms with E-state index in [0.717, 1.165) is 57.8 Å². The van der Waals surface area contributed by atoms with E-state index in [2.05, 4.69) is 20.8 Å². The number of esters is 1. The summed E-state index contributed by atoms with van der Waals surface area (Å²) in [4.78, 5) is 12.2. The quantitative estimate of drug-likeness (QED) is 0.0935. The molecular weight excluding hydrogens is 420 g/mol. The predicted octanol–water partition coefficient (Wildman–Crippen LogP) is 10.1. The molecule has 0 saturated carbocycles. The molecule has 0 spiro atoms. The minimum Gasteiger partial charge on any atom is -0.462 e. The summed E-state index contributed by atoms with van der Waals surface area (Å²) in [6, 6.07) is 0. The number of aliphatic hydroxyl groups excluding tert-OH is 1. The number of hydrogen-bond donors (Lipinski definition) is 1. The van der Waals surface area contributed by atoms with Gasteiger partial charge in [-0.15, -0.1) is 0 Å². The van der Waals surface area contributed by atoms with Gasteiger partial charge in [-0.05, 0) is 38.5 Å². The molecule has 0 aromatic carbocycles. The molecule has 0 amide bonds. The Morgan fingerprint density at radius 1 is 0.529 bits per heavy atom. The van der Waals surface area contributed by atoms with E-state index in [0.29, 0.717) is 6.42 Å². The number of ether oxygens (including phenoxy) is 1. The van der Waals surface area contributed by atoms with Crippen LogP contribution < -0.4 is 0 Å². The Bertz CT molecular complexity index is 409. The first-order valence-corrected chi connectivity index (χ1v) is 15.5. The third kappa shape index (κ3) is 24.6. The lowest BCUT2D eigenvalue weighted by molar-refractivity contribution is -0.150. The van der Waals surface area contributed by atoms with Gasteiger partial charge in [-0.3, -0.25) is 4.79 Å². The fourth-order valence-electron chi connectivity index (χ4n) is 4.83. The topological polar surface area (TPSA) is 46.5 Å². The first-order chi connectivity index (χ1) is 16.6. The average Bonchev–Trinajstić information content (AvgIpc) is 2.82. The smallest absolute Gasteiger partial charge is 0.306 e. The highest BCUT2D eigenvalue weighted by molar-refractivity contribution is 5.69. The van der Waals surface area contributed by atoms with Crippen LogP contribution in [0.4, 0.5) is 0 Å². The van der Waals surface area contributed by atoms with E-state index in [4.69, 9.17) is 4.74 Å². The monoisotopic (exact) mass is 482 g/mol. The Labute approximate surface area is 214 Å². The van der Waals surface area contributed by atoms with E-state index in [-0.39, 0.29) is 18.2 Å². The molecule has 2 unspecified atom stereocenters. The minimum atomic E-state index is -0.190. The van der Waals surface area contributed by atoms with Crippen LogP contribution in [0.15, 0.2) is 0 Å². The van der Waals surface area contributed by atoms with E-state index in [1.165, 1.54) is 96.3 Å². The van der Waals surface area contributed by atoms with Crippen molar-refractivity contribution in [1.29, 1.82) is 0 Å². The Balaban J connectivity index is 3.69. The van der Waals surface area contributed by atoms with Crippen LogP contribution in [0.2, 0.25) is 0 Å². The van der Waals surface area contributed by atoms with Gasteiger partial charge in [0.15, 0.2) is 0 Å². The first kappa shape index (κ1) is 33.4. The maximum atomic E-state index is 12.2. The second-order valence-electron chi connectivity index (χ2n) is 10.7. The lowest BCUT2D eigenvalue weighted by Crippen LogP contribution is -2.19. The van der Waals surface area contributed by atoms with Crippen molar-refractivity contribution in [3.63, 3.8) is 0 Å². The largest absolute Gasteiger partial charge is 0.462 e. The van der Waals surface area contributed by atoms with E-state index < -0.39 is 0 Å². The van der Waals surface area contributed by atoms with Crippen molar-refractivity contribution in [2.75, 3.05) is 0 Å². The molecule has 0 aliphatic heterocycles. The molecule has 204 valence electrons. The molecule has 0 radical (unpaired) electrons. The van der Waals surface area contributed by atoms with E-state index in [1.807, 2.05) is 0 Å². The van der Waals surface area contributed by atoms with E-state index in [9.17, 15) is 9.90 Å². The Morgan fingerprint density at radius 3 is 1.47 bits per heavy atom. The van der Waals surface area contributed by atoms with Gasteiger partial charge in [-0.2, -0.15) is 0 Å². The maximum absolute atomic E-state index is 12.2. The van der Waals surface area contributed by atoms with E-state index >= 15 is 0 Å². The third-order valence-corrected chi connectivity index (χ3v) is 7.10. The van der Waals surface area contributed by atoms with Crippen LogP contribution in [0.5, 0.6) is 0 Å². The summed E-state index contributed by atoms with van der Waals surface area (Å²) >= 11 is 0. The fourth-order valence-corrected chi connectivity index (χ4v) is 4.83. The molecule has 0 saturated heterocycles. The third-order valence-electron chi connectivity index (χ3n) is 7.10. The average molecular weight is 483 g/mol. The Morgan fingerprint density at radius 2 is 0.971 bits per heavy atom. The van der Waals surface area contributed by atoms with Gasteiger partial charge in [0, 0.05) is 6.42 Å². The molecule has 0 bridgehead atoms. The second-order valence-corrected chi connectivity index (χ2v) is 10.7. The molecule has 0 aromatic heterocycles. The van der Waals surface area contributed by atoms with Gasteiger partial charge < -0.3 is 9.84 Å². The number of hydrogen-bond acceptors (Lipinski definition) is 3. The lowest BCUT2D eigenvalue weighted by atomic mass is 10.0. The fraction of sp³-hybridized carbons (Fsp3) is 0.968. The van der Waals surface area contributed by atoms with Crippen LogP contribution >= 0.6 is 0 Å². The maximum Gasteiger partial charge on any atom is 0.306 e. The van der Waals surface area contributed by atoms with Crippen molar-refractivity contribution in [2.45, 2.75) is 193 Å². The van der Waals surface area contributed by atoms with Gasteiger partial charge in [0.1, 0.15) is 6.10 Å². The lowest BCUT2D eigenvalue weighted by Gasteiger charge is -2.18. The SMILES string of the molecule is CCCCCCCCCCCCC(O)CCCC(CCC)OC(=O)CCCCCCCCCC. The molecule has 3 nitrogen and oxygen atoms in total. The molecule has 1 N–H and O–H groups in total. The highest BCUT2D eigenvalue weighted by Gasteiger charge is 2.14. The molecule has 0 aromatic rings. The van der Waals surface area contributed by atoms with Crippen LogP contribution in [0.3, 0.4) is 0 Å². The van der Waals surface area contributed by atoms with Crippen LogP contribution in [-0.2, 0) is 9.53 Å². The number of carbonyl (C=O) groups excluding carboxylic acids is 1. The van der Waals surface area contributed by atoms with Crippen molar-refractivity contribution in [1.82, 2.24) is 0 Å². The molecule has 3 heteroatoms. The van der Waals surface area contributed by atoms with E-state index in [1.54, 1.807) is 0 Å². The number of rotatable bonds is 27. The van der Waals surface area contributed by atoms with Crippen molar-refractivity contribution in [3.8, 4) is 0 Å². The number of aliphatic hydroxyl groups is 1. The summed E-state index contributed by atoms with van der Waals surface area (Å²) in [6.45, 7) is 6.67. The Hall–Kier alpha value is -0.570. The van der Waals surface area contributed by atoms with Gasteiger partial charge >= 0.3 is 5.97 Å². The summed E-state index contributed by atoms with van der Waals surface area (Å²) in [5, 5.41) is 10.3. The number of unbranched alkanes of at least 4 members (excludes halogenated alkanes) is 16. The summed E-state index contributed by atoms with van der Waals surface area (Å²) in [7, 11) is 0. The molecule has 0 rings (SSSR count). The zero-order chi connectivity index (χ0) is 25.1. The van der Waals surface area contributed by atoms with Gasteiger partial charge in [0.2, 0.25) is 0 Å². The van der Waals surface area contributed by atoms with Gasteiger partial charge in [-0.25, -0.2) is 0 Å². The predicted molar refractivity (Wildman–Crippen MR) is 148 cm³/mol. The van der Waals surface area contributed by atoms with Crippen LogP contribution in [0.25, 0.3) is 0 Å². The summed E-state index contributed by atoms with van der Waals surface area (Å²) < 4.78 is 5.78. The summed E-state index contributed by atoms with van der Waals surface area (Å²) in [5.41, 5.74) is 0. The highest BCUT2D eigenvalue weighted by Crippen LogP contribution is 2.18. The zero-order valence-corrected chi connectivity index (χ0v) is 23.6. The molecular formula is C31H62O3. The molecule has 34 heavy (non-hydrogen) atoms. The highest BCUT2D eigenvalue weighted by atomic mass is 16.5. The van der Waals surface area contributed by atoms with Crippen molar-refractivity contribution in [2.24, 2.45) is 0 Å². The van der Waals surface area contributed by atoms with Gasteiger partial charge in [0.05, 0.1) is 6.10 Å². The molecule has 0 heterocycles. The summed E-state index contributed by atoms with van der Waals surface area (Å²) in [5.74, 6) is -0.0182. The van der Waals surface area contributed by atoms with Crippen LogP contribution in [-0.4, -0.2) is 23.3 Å². The molecule has 0 aliphatic carbocycles. The minimum absolute atomic E-state index is 0.0182. The van der Waals surface area contributed by atoms with Crippen molar-refractivity contribution < 1.29 is 14.6 Å². The zero-order valence-electron chi connectivity index (χ0n) is 23.6. The molecule has 0 fully saturated rings. The number of carbonyl (C=O) groups is 1. The standard InChI is InChI=1S/C31H62O3/c1-4-7-9-11-13-15-16-17-19-21-25-29(32)26-23-27-30(24-6-3)34-31(33)28-22-20-18-14-12-10-8-5-2/h29-30,32H,4-28H2,1-3H3. The summed E-state index contributed by atoms with van der Waals surface area (Å²) in [6.07, 6.45) is 29.3. The first-order valence-electron chi connectivity index (χ1n) is 15.5. The molecule has 0 aliphatic rings. The molecule has 2 atom stereocenters. The van der Waals surface area contributed by atoms with Gasteiger partial charge in [-0.1, -0.05) is 136 Å².